The van der Waals surface area contributed by atoms with Gasteiger partial charge >= 0.3 is 0 Å². The van der Waals surface area contributed by atoms with Crippen LogP contribution in [-0.2, 0) is 11.3 Å². The van der Waals surface area contributed by atoms with Crippen molar-refractivity contribution in [2.45, 2.75) is 25.7 Å². The zero-order valence-corrected chi connectivity index (χ0v) is 14.7. The molecule has 0 saturated heterocycles. The monoisotopic (exact) mass is 325 g/mol. The molecular weight excluding hydrogens is 298 g/mol. The van der Waals surface area contributed by atoms with Gasteiger partial charge in [-0.2, -0.15) is 0 Å². The maximum atomic E-state index is 5.52. The lowest BCUT2D eigenvalue weighted by Gasteiger charge is -2.09. The zero-order chi connectivity index (χ0) is 17.0. The third-order valence-electron chi connectivity index (χ3n) is 3.70. The number of pyridine rings is 1. The highest BCUT2D eigenvalue weighted by molar-refractivity contribution is 5.98. The highest BCUT2D eigenvalue weighted by atomic mass is 16.6. The van der Waals surface area contributed by atoms with Crippen molar-refractivity contribution >= 4 is 5.71 Å². The van der Waals surface area contributed by atoms with E-state index in [1.807, 2.05) is 24.3 Å². The van der Waals surface area contributed by atoms with E-state index in [-0.39, 0.29) is 0 Å². The molecule has 0 aliphatic rings. The molecule has 0 aliphatic carbocycles. The Bertz CT molecular complexity index is 597. The summed E-state index contributed by atoms with van der Waals surface area (Å²) in [6.07, 6.45) is 5.69. The number of hydrogen-bond acceptors (Lipinski definition) is 4. The van der Waals surface area contributed by atoms with E-state index >= 15 is 0 Å². The minimum atomic E-state index is 0.632. The van der Waals surface area contributed by atoms with Crippen LogP contribution in [0.5, 0.6) is 0 Å². The Hall–Kier alpha value is -2.20. The highest BCUT2D eigenvalue weighted by Crippen LogP contribution is 2.09. The van der Waals surface area contributed by atoms with E-state index in [1.165, 1.54) is 5.56 Å². The van der Waals surface area contributed by atoms with E-state index in [0.717, 1.165) is 43.6 Å². The van der Waals surface area contributed by atoms with Crippen LogP contribution >= 0.6 is 0 Å². The summed E-state index contributed by atoms with van der Waals surface area (Å²) in [6.45, 7) is 1.63. The van der Waals surface area contributed by atoms with Gasteiger partial charge in [0.15, 0.2) is 0 Å². The summed E-state index contributed by atoms with van der Waals surface area (Å²) in [4.78, 5) is 12.1. The standard InChI is InChI=1S/C20H27N3O/c1-23(2)16-9-17-24-22-20(19-13-6-7-15-21-19)14-8-12-18-10-4-3-5-11-18/h3-7,10-11,13,15H,8-9,12,14,16-17H2,1-2H3. The number of nitrogens with zero attached hydrogens (tertiary/aromatic N) is 3. The van der Waals surface area contributed by atoms with Gasteiger partial charge in [0.05, 0.1) is 5.69 Å². The number of oxime groups is 1. The van der Waals surface area contributed by atoms with Crippen molar-refractivity contribution < 1.29 is 4.84 Å². The zero-order valence-electron chi connectivity index (χ0n) is 14.7. The van der Waals surface area contributed by atoms with Crippen LogP contribution in [0.15, 0.2) is 59.9 Å². The van der Waals surface area contributed by atoms with Gasteiger partial charge in [-0.05, 0) is 57.5 Å². The molecule has 0 fully saturated rings. The predicted molar refractivity (Wildman–Crippen MR) is 99.3 cm³/mol. The first-order chi connectivity index (χ1) is 11.8. The predicted octanol–water partition coefficient (Wildman–Crippen LogP) is 3.78. The van der Waals surface area contributed by atoms with Crippen molar-refractivity contribution in [2.75, 3.05) is 27.2 Å². The molecule has 0 N–H and O–H groups in total. The van der Waals surface area contributed by atoms with Crippen molar-refractivity contribution in [1.82, 2.24) is 9.88 Å². The van der Waals surface area contributed by atoms with Crippen molar-refractivity contribution in [1.29, 1.82) is 0 Å². The van der Waals surface area contributed by atoms with E-state index in [4.69, 9.17) is 4.84 Å². The first-order valence-electron chi connectivity index (χ1n) is 8.54. The molecule has 4 heteroatoms. The third kappa shape index (κ3) is 6.92. The van der Waals surface area contributed by atoms with Gasteiger partial charge in [-0.3, -0.25) is 4.98 Å². The van der Waals surface area contributed by atoms with Gasteiger partial charge in [-0.15, -0.1) is 0 Å². The normalized spacial score (nSPS) is 11.7. The lowest BCUT2D eigenvalue weighted by Crippen LogP contribution is -2.14. The Kier molecular flexibility index (Phi) is 7.98. The minimum Gasteiger partial charge on any atom is -0.395 e. The molecule has 0 bridgehead atoms. The van der Waals surface area contributed by atoms with Gasteiger partial charge in [0, 0.05) is 12.7 Å². The van der Waals surface area contributed by atoms with Crippen LogP contribution in [-0.4, -0.2) is 42.8 Å². The molecular formula is C20H27N3O. The first kappa shape index (κ1) is 18.1. The van der Waals surface area contributed by atoms with Crippen molar-refractivity contribution in [3.63, 3.8) is 0 Å². The van der Waals surface area contributed by atoms with Crippen LogP contribution in [0, 0.1) is 0 Å². The lowest BCUT2D eigenvalue weighted by atomic mass is 10.0. The van der Waals surface area contributed by atoms with Gasteiger partial charge in [-0.25, -0.2) is 0 Å². The molecule has 0 saturated carbocycles. The number of aromatic nitrogens is 1. The second-order valence-corrected chi connectivity index (χ2v) is 6.08. The fraction of sp³-hybridized carbons (Fsp3) is 0.400. The molecule has 1 aromatic heterocycles. The lowest BCUT2D eigenvalue weighted by molar-refractivity contribution is 0.134. The van der Waals surface area contributed by atoms with Gasteiger partial charge in [-0.1, -0.05) is 41.6 Å². The maximum Gasteiger partial charge on any atom is 0.118 e. The molecule has 0 spiro atoms. The van der Waals surface area contributed by atoms with Crippen LogP contribution in [0.25, 0.3) is 0 Å². The molecule has 24 heavy (non-hydrogen) atoms. The van der Waals surface area contributed by atoms with Gasteiger partial charge in [0.25, 0.3) is 0 Å². The molecule has 1 heterocycles. The third-order valence-corrected chi connectivity index (χ3v) is 3.70. The number of hydrogen-bond donors (Lipinski definition) is 0. The summed E-state index contributed by atoms with van der Waals surface area (Å²) in [6, 6.07) is 16.4. The average molecular weight is 325 g/mol. The summed E-state index contributed by atoms with van der Waals surface area (Å²) in [7, 11) is 4.12. The summed E-state index contributed by atoms with van der Waals surface area (Å²) in [5.74, 6) is 0. The van der Waals surface area contributed by atoms with Crippen molar-refractivity contribution in [3.8, 4) is 0 Å². The summed E-state index contributed by atoms with van der Waals surface area (Å²) < 4.78 is 0. The van der Waals surface area contributed by atoms with Crippen LogP contribution in [0.3, 0.4) is 0 Å². The minimum absolute atomic E-state index is 0.632. The fourth-order valence-corrected chi connectivity index (χ4v) is 2.43. The Morgan fingerprint density at radius 1 is 1.04 bits per heavy atom. The van der Waals surface area contributed by atoms with Gasteiger partial charge < -0.3 is 9.74 Å². The molecule has 0 amide bonds. The van der Waals surface area contributed by atoms with Gasteiger partial charge in [0.2, 0.25) is 0 Å². The maximum absolute atomic E-state index is 5.52. The molecule has 0 aliphatic heterocycles. The van der Waals surface area contributed by atoms with Gasteiger partial charge in [0.1, 0.15) is 12.3 Å². The summed E-state index contributed by atoms with van der Waals surface area (Å²) >= 11 is 0. The topological polar surface area (TPSA) is 37.7 Å². The van der Waals surface area contributed by atoms with E-state index < -0.39 is 0 Å². The molecule has 4 nitrogen and oxygen atoms in total. The molecule has 128 valence electrons. The van der Waals surface area contributed by atoms with Crippen LogP contribution in [0.2, 0.25) is 0 Å². The molecule has 2 rings (SSSR count). The molecule has 0 radical (unpaired) electrons. The summed E-state index contributed by atoms with van der Waals surface area (Å²) in [5, 5.41) is 4.36. The van der Waals surface area contributed by atoms with E-state index in [1.54, 1.807) is 6.20 Å². The molecule has 2 aromatic rings. The quantitative estimate of drug-likeness (QED) is 0.379. The Labute approximate surface area is 145 Å². The Morgan fingerprint density at radius 3 is 2.54 bits per heavy atom. The van der Waals surface area contributed by atoms with Crippen molar-refractivity contribution in [3.05, 3.63) is 66.0 Å². The largest absolute Gasteiger partial charge is 0.395 e. The van der Waals surface area contributed by atoms with Crippen LogP contribution in [0.1, 0.15) is 30.5 Å². The first-order valence-corrected chi connectivity index (χ1v) is 8.54. The highest BCUT2D eigenvalue weighted by Gasteiger charge is 2.06. The molecule has 0 atom stereocenters. The Morgan fingerprint density at radius 2 is 1.83 bits per heavy atom. The molecule has 1 aromatic carbocycles. The Balaban J connectivity index is 1.88. The van der Waals surface area contributed by atoms with Crippen LogP contribution < -0.4 is 0 Å². The fourth-order valence-electron chi connectivity index (χ4n) is 2.43. The smallest absolute Gasteiger partial charge is 0.118 e. The number of aryl methyl sites for hydroxylation is 1. The second kappa shape index (κ2) is 10.6. The van der Waals surface area contributed by atoms with E-state index in [9.17, 15) is 0 Å². The van der Waals surface area contributed by atoms with Crippen molar-refractivity contribution in [2.24, 2.45) is 5.16 Å². The number of benzene rings is 1. The average Bonchev–Trinajstić information content (AvgIpc) is 2.61. The molecule has 0 unspecified atom stereocenters. The van der Waals surface area contributed by atoms with E-state index in [2.05, 4.69) is 53.4 Å². The van der Waals surface area contributed by atoms with Crippen LogP contribution in [0.4, 0.5) is 0 Å². The summed E-state index contributed by atoms with van der Waals surface area (Å²) in [5.41, 5.74) is 3.18. The SMILES string of the molecule is CN(C)CCCON=C(CCCc1ccccc1)c1ccccn1. The van der Waals surface area contributed by atoms with E-state index in [0.29, 0.717) is 6.61 Å². The number of rotatable bonds is 10. The second-order valence-electron chi connectivity index (χ2n) is 6.08.